The van der Waals surface area contributed by atoms with Crippen LogP contribution in [-0.4, -0.2) is 37.4 Å². The summed E-state index contributed by atoms with van der Waals surface area (Å²) in [5.41, 5.74) is 2.79. The molecule has 0 aromatic heterocycles. The Labute approximate surface area is 186 Å². The van der Waals surface area contributed by atoms with Gasteiger partial charge in [0.15, 0.2) is 18.1 Å². The summed E-state index contributed by atoms with van der Waals surface area (Å²) in [6.07, 6.45) is 1.49. The molecule has 8 heteroatoms. The van der Waals surface area contributed by atoms with Crippen LogP contribution in [0.4, 0.5) is 5.69 Å². The van der Waals surface area contributed by atoms with Gasteiger partial charge in [-0.25, -0.2) is 4.79 Å². The molecule has 0 spiro atoms. The van der Waals surface area contributed by atoms with E-state index in [0.717, 1.165) is 0 Å². The van der Waals surface area contributed by atoms with Gasteiger partial charge in [-0.2, -0.15) is 15.4 Å². The Morgan fingerprint density at radius 2 is 1.91 bits per heavy atom. The van der Waals surface area contributed by atoms with Gasteiger partial charge in [0, 0.05) is 0 Å². The first-order valence-electron chi connectivity index (χ1n) is 9.94. The molecule has 0 N–H and O–H groups in total. The molecule has 8 nitrogen and oxygen atoms in total. The minimum atomic E-state index is -0.473. The van der Waals surface area contributed by atoms with Gasteiger partial charge in [0.1, 0.15) is 0 Å². The van der Waals surface area contributed by atoms with E-state index in [9.17, 15) is 9.59 Å². The summed E-state index contributed by atoms with van der Waals surface area (Å²) in [5.74, 6) is 0.0563. The first kappa shape index (κ1) is 22.6. The first-order chi connectivity index (χ1) is 15.3. The molecular weight excluding hydrogens is 410 g/mol. The van der Waals surface area contributed by atoms with Gasteiger partial charge in [-0.05, 0) is 68.8 Å². The molecule has 0 atom stereocenters. The minimum absolute atomic E-state index is 0.223. The van der Waals surface area contributed by atoms with Gasteiger partial charge in [0.2, 0.25) is 0 Å². The van der Waals surface area contributed by atoms with Crippen molar-refractivity contribution in [2.75, 3.05) is 18.7 Å². The number of methoxy groups -OCH3 is 1. The quantitative estimate of drug-likeness (QED) is 0.487. The number of anilines is 1. The Bertz CT molecular complexity index is 1130. The van der Waals surface area contributed by atoms with Crippen LogP contribution in [0.1, 0.15) is 31.9 Å². The number of nitrogens with zero attached hydrogens (tertiary/aromatic N) is 3. The van der Waals surface area contributed by atoms with Crippen LogP contribution < -0.4 is 14.5 Å². The largest absolute Gasteiger partial charge is 0.493 e. The van der Waals surface area contributed by atoms with Gasteiger partial charge >= 0.3 is 5.97 Å². The second-order valence-electron chi connectivity index (χ2n) is 7.26. The highest BCUT2D eigenvalue weighted by molar-refractivity contribution is 6.32. The van der Waals surface area contributed by atoms with Crippen molar-refractivity contribution in [2.24, 2.45) is 5.10 Å². The van der Waals surface area contributed by atoms with E-state index >= 15 is 0 Å². The fraction of sp³-hybridized carbons (Fsp3) is 0.250. The second-order valence-corrected chi connectivity index (χ2v) is 7.26. The Balaban J connectivity index is 1.78. The molecule has 0 saturated carbocycles. The highest BCUT2D eigenvalue weighted by Crippen LogP contribution is 2.30. The summed E-state index contributed by atoms with van der Waals surface area (Å²) in [6, 6.07) is 13.8. The van der Waals surface area contributed by atoms with Gasteiger partial charge in [-0.3, -0.25) is 4.79 Å². The molecule has 0 saturated heterocycles. The second kappa shape index (κ2) is 9.79. The minimum Gasteiger partial charge on any atom is -0.493 e. The van der Waals surface area contributed by atoms with E-state index in [1.807, 2.05) is 6.07 Å². The fourth-order valence-electron chi connectivity index (χ4n) is 3.03. The number of nitriles is 1. The number of hydrogen-bond acceptors (Lipinski definition) is 7. The maximum absolute atomic E-state index is 12.9. The maximum atomic E-state index is 12.9. The van der Waals surface area contributed by atoms with Crippen LogP contribution in [0.25, 0.3) is 6.08 Å². The number of ether oxygens (including phenoxy) is 3. The average molecular weight is 433 g/mol. The molecule has 32 heavy (non-hydrogen) atoms. The molecule has 0 aliphatic carbocycles. The molecule has 0 unspecified atom stereocenters. The van der Waals surface area contributed by atoms with E-state index in [4.69, 9.17) is 19.5 Å². The smallest absolute Gasteiger partial charge is 0.344 e. The number of hydrogen-bond donors (Lipinski definition) is 0. The summed E-state index contributed by atoms with van der Waals surface area (Å²) < 4.78 is 15.9. The lowest BCUT2D eigenvalue weighted by Crippen LogP contribution is -2.21. The normalized spacial score (nSPS) is 14.4. The zero-order chi connectivity index (χ0) is 23.3. The van der Waals surface area contributed by atoms with Crippen LogP contribution in [0, 0.1) is 11.3 Å². The topological polar surface area (TPSA) is 101 Å². The molecule has 164 valence electrons. The van der Waals surface area contributed by atoms with Gasteiger partial charge in [-0.15, -0.1) is 0 Å². The Kier molecular flexibility index (Phi) is 6.90. The molecule has 0 radical (unpaired) electrons. The van der Waals surface area contributed by atoms with Crippen LogP contribution in [0.15, 0.2) is 53.1 Å². The number of hydrazone groups is 1. The van der Waals surface area contributed by atoms with Crippen molar-refractivity contribution in [2.45, 2.75) is 26.9 Å². The lowest BCUT2D eigenvalue weighted by molar-refractivity contribution is -0.149. The van der Waals surface area contributed by atoms with Crippen molar-refractivity contribution in [3.63, 3.8) is 0 Å². The molecule has 2 aromatic rings. The molecule has 1 aliphatic rings. The zero-order valence-corrected chi connectivity index (χ0v) is 18.3. The van der Waals surface area contributed by atoms with Gasteiger partial charge in [0.05, 0.1) is 41.8 Å². The lowest BCUT2D eigenvalue weighted by atomic mass is 10.1. The molecule has 1 aliphatic heterocycles. The molecular formula is C24H23N3O5. The fourth-order valence-corrected chi connectivity index (χ4v) is 3.03. The van der Waals surface area contributed by atoms with E-state index < -0.39 is 5.97 Å². The van der Waals surface area contributed by atoms with Crippen LogP contribution >= 0.6 is 0 Å². The van der Waals surface area contributed by atoms with E-state index in [1.54, 1.807) is 69.3 Å². The summed E-state index contributed by atoms with van der Waals surface area (Å²) >= 11 is 0. The standard InChI is InChI=1S/C24H23N3O5/c1-15(2)32-23(28)14-31-21-10-7-18(12-22(21)30-4)11-20-16(3)26-27(24(20)29)19-8-5-17(13-25)6-9-19/h5-12,15H,14H2,1-4H3. The van der Waals surface area contributed by atoms with E-state index in [-0.39, 0.29) is 18.6 Å². The van der Waals surface area contributed by atoms with Crippen molar-refractivity contribution >= 4 is 29.4 Å². The zero-order valence-electron chi connectivity index (χ0n) is 18.3. The maximum Gasteiger partial charge on any atom is 0.344 e. The number of carbonyl (C=O) groups excluding carboxylic acids is 2. The van der Waals surface area contributed by atoms with Gasteiger partial charge in [-0.1, -0.05) is 6.07 Å². The van der Waals surface area contributed by atoms with Crippen LogP contribution in [0.2, 0.25) is 0 Å². The van der Waals surface area contributed by atoms with Crippen LogP contribution in [0.5, 0.6) is 11.5 Å². The molecule has 0 bridgehead atoms. The van der Waals surface area contributed by atoms with E-state index in [2.05, 4.69) is 5.10 Å². The van der Waals surface area contributed by atoms with Gasteiger partial charge < -0.3 is 14.2 Å². The molecule has 0 fully saturated rings. The summed E-state index contributed by atoms with van der Waals surface area (Å²) in [6.45, 7) is 5.04. The predicted molar refractivity (Wildman–Crippen MR) is 119 cm³/mol. The monoisotopic (exact) mass is 433 g/mol. The van der Waals surface area contributed by atoms with E-state index in [1.165, 1.54) is 12.1 Å². The van der Waals surface area contributed by atoms with Gasteiger partial charge in [0.25, 0.3) is 5.91 Å². The summed E-state index contributed by atoms with van der Waals surface area (Å²) in [4.78, 5) is 24.6. The molecule has 1 amide bonds. The summed E-state index contributed by atoms with van der Waals surface area (Å²) in [7, 11) is 1.49. The molecule has 1 heterocycles. The number of benzene rings is 2. The Hall–Kier alpha value is -4.12. The highest BCUT2D eigenvalue weighted by atomic mass is 16.6. The van der Waals surface area contributed by atoms with Crippen LogP contribution in [-0.2, 0) is 14.3 Å². The number of carbonyl (C=O) groups is 2. The van der Waals surface area contributed by atoms with E-state index in [0.29, 0.717) is 39.6 Å². The lowest BCUT2D eigenvalue weighted by Gasteiger charge is -2.13. The van der Waals surface area contributed by atoms with Crippen molar-refractivity contribution in [1.82, 2.24) is 0 Å². The summed E-state index contributed by atoms with van der Waals surface area (Å²) in [5, 5.41) is 14.6. The van der Waals surface area contributed by atoms with Crippen molar-refractivity contribution in [1.29, 1.82) is 5.26 Å². The predicted octanol–water partition coefficient (Wildman–Crippen LogP) is 3.70. The first-order valence-corrected chi connectivity index (χ1v) is 9.94. The van der Waals surface area contributed by atoms with Crippen molar-refractivity contribution < 1.29 is 23.8 Å². The Morgan fingerprint density at radius 3 is 2.53 bits per heavy atom. The van der Waals surface area contributed by atoms with Crippen molar-refractivity contribution in [3.05, 3.63) is 59.2 Å². The third-order valence-corrected chi connectivity index (χ3v) is 4.51. The molecule has 2 aromatic carbocycles. The number of amides is 1. The highest BCUT2D eigenvalue weighted by Gasteiger charge is 2.28. The third kappa shape index (κ3) is 5.13. The Morgan fingerprint density at radius 1 is 1.19 bits per heavy atom. The third-order valence-electron chi connectivity index (χ3n) is 4.51. The SMILES string of the molecule is COc1cc(C=C2C(=O)N(c3ccc(C#N)cc3)N=C2C)ccc1OCC(=O)OC(C)C. The van der Waals surface area contributed by atoms with Crippen molar-refractivity contribution in [3.8, 4) is 17.6 Å². The number of esters is 1. The number of rotatable bonds is 7. The molecule has 3 rings (SSSR count). The van der Waals surface area contributed by atoms with Crippen LogP contribution in [0.3, 0.4) is 0 Å². The average Bonchev–Trinajstić information content (AvgIpc) is 3.06.